The molecule has 0 radical (unpaired) electrons. The summed E-state index contributed by atoms with van der Waals surface area (Å²) < 4.78 is 0. The van der Waals surface area contributed by atoms with Crippen LogP contribution in [0.3, 0.4) is 0 Å². The van der Waals surface area contributed by atoms with Crippen LogP contribution in [0.25, 0.3) is 0 Å². The normalized spacial score (nSPS) is 33.3. The van der Waals surface area contributed by atoms with Gasteiger partial charge >= 0.3 is 0 Å². The number of likely N-dealkylation sites (N-methyl/N-ethyl adjacent to an activating group) is 1. The minimum Gasteiger partial charge on any atom is -0.337 e. The van der Waals surface area contributed by atoms with Gasteiger partial charge in [-0.15, -0.1) is 0 Å². The maximum absolute atomic E-state index is 13.3. The third-order valence-corrected chi connectivity index (χ3v) is 9.58. The molecule has 6 heteroatoms. The predicted molar refractivity (Wildman–Crippen MR) is 134 cm³/mol. The molecule has 2 aliphatic heterocycles. The molecule has 4 aliphatic carbocycles. The molecule has 1 N–H and O–H groups in total. The Balaban J connectivity index is 1.09. The van der Waals surface area contributed by atoms with Gasteiger partial charge in [0.1, 0.15) is 0 Å². The number of nitrogens with one attached hydrogen (secondary N) is 1. The third-order valence-electron chi connectivity index (χ3n) is 9.58. The molecule has 4 bridgehead atoms. The summed E-state index contributed by atoms with van der Waals surface area (Å²) in [4.78, 5) is 33.3. The molecule has 1 aromatic rings. The molecule has 4 saturated carbocycles. The lowest BCUT2D eigenvalue weighted by atomic mass is 9.49. The van der Waals surface area contributed by atoms with Gasteiger partial charge in [0.15, 0.2) is 0 Å². The quantitative estimate of drug-likeness (QED) is 0.700. The summed E-state index contributed by atoms with van der Waals surface area (Å²) in [5.74, 6) is 2.85. The van der Waals surface area contributed by atoms with Gasteiger partial charge in [-0.1, -0.05) is 6.07 Å². The fraction of sp³-hybridized carbons (Fsp3) is 0.714. The Hall–Kier alpha value is -1.92. The Morgan fingerprint density at radius 1 is 0.971 bits per heavy atom. The van der Waals surface area contributed by atoms with Gasteiger partial charge in [-0.05, 0) is 92.9 Å². The number of rotatable bonds is 6. The topological polar surface area (TPSA) is 55.9 Å². The summed E-state index contributed by atoms with van der Waals surface area (Å²) in [5.41, 5.74) is 2.91. The number of carbonyl (C=O) groups excluding carboxylic acids is 2. The third kappa shape index (κ3) is 4.39. The number of piperazine rings is 1. The molecule has 184 valence electrons. The van der Waals surface area contributed by atoms with Crippen LogP contribution in [0.5, 0.6) is 0 Å². The second kappa shape index (κ2) is 8.94. The standard InChI is InChI=1S/C28H40N4O2/c1-30-7-9-31(10-8-30)11-12-32-6-5-23-24(27(32)34)3-2-4-25(23)29-26(33)19-28-16-20-13-21(17-28)15-22(14-20)18-28/h2-4,20-22H,5-19H2,1H3,(H,29,33). The Morgan fingerprint density at radius 3 is 2.32 bits per heavy atom. The number of nitrogens with zero attached hydrogens (tertiary/aromatic N) is 3. The molecule has 6 aliphatic rings. The van der Waals surface area contributed by atoms with Gasteiger partial charge < -0.3 is 15.1 Å². The molecule has 1 saturated heterocycles. The summed E-state index contributed by atoms with van der Waals surface area (Å²) in [6.45, 7) is 6.82. The number of fused-ring (bicyclic) bond motifs is 1. The summed E-state index contributed by atoms with van der Waals surface area (Å²) in [5, 5.41) is 3.25. The number of carbonyl (C=O) groups is 2. The van der Waals surface area contributed by atoms with E-state index in [-0.39, 0.29) is 17.2 Å². The number of benzene rings is 1. The van der Waals surface area contributed by atoms with Crippen molar-refractivity contribution >= 4 is 17.5 Å². The lowest BCUT2D eigenvalue weighted by Gasteiger charge is -2.56. The largest absolute Gasteiger partial charge is 0.337 e. The van der Waals surface area contributed by atoms with Crippen LogP contribution < -0.4 is 5.32 Å². The van der Waals surface area contributed by atoms with Crippen molar-refractivity contribution in [2.75, 3.05) is 58.2 Å². The van der Waals surface area contributed by atoms with Crippen LogP contribution in [-0.2, 0) is 11.2 Å². The minimum absolute atomic E-state index is 0.118. The highest BCUT2D eigenvalue weighted by Crippen LogP contribution is 2.61. The maximum atomic E-state index is 13.3. The van der Waals surface area contributed by atoms with Crippen LogP contribution in [0.4, 0.5) is 5.69 Å². The molecule has 2 heterocycles. The predicted octanol–water partition coefficient (Wildman–Crippen LogP) is 3.48. The second-order valence-electron chi connectivity index (χ2n) is 12.2. The Morgan fingerprint density at radius 2 is 1.65 bits per heavy atom. The van der Waals surface area contributed by atoms with Crippen LogP contribution in [-0.4, -0.2) is 79.4 Å². The smallest absolute Gasteiger partial charge is 0.254 e. The molecule has 6 nitrogen and oxygen atoms in total. The van der Waals surface area contributed by atoms with Crippen molar-refractivity contribution in [2.45, 2.75) is 51.4 Å². The van der Waals surface area contributed by atoms with Gasteiger partial charge in [-0.3, -0.25) is 14.5 Å². The monoisotopic (exact) mass is 464 g/mol. The van der Waals surface area contributed by atoms with E-state index in [1.807, 2.05) is 23.1 Å². The van der Waals surface area contributed by atoms with Gasteiger partial charge in [-0.2, -0.15) is 0 Å². The molecule has 7 rings (SSSR count). The first-order valence-electron chi connectivity index (χ1n) is 13.6. The van der Waals surface area contributed by atoms with E-state index in [1.54, 1.807) is 0 Å². The van der Waals surface area contributed by atoms with Crippen molar-refractivity contribution in [3.8, 4) is 0 Å². The van der Waals surface area contributed by atoms with Gasteiger partial charge in [0.25, 0.3) is 5.91 Å². The van der Waals surface area contributed by atoms with E-state index in [0.717, 1.165) is 86.8 Å². The zero-order chi connectivity index (χ0) is 23.3. The van der Waals surface area contributed by atoms with E-state index in [0.29, 0.717) is 6.42 Å². The van der Waals surface area contributed by atoms with Gasteiger partial charge in [0.2, 0.25) is 5.91 Å². The van der Waals surface area contributed by atoms with Crippen molar-refractivity contribution in [1.29, 1.82) is 0 Å². The highest BCUT2D eigenvalue weighted by Gasteiger charge is 2.51. The number of anilines is 1. The molecule has 0 spiro atoms. The lowest BCUT2D eigenvalue weighted by Crippen LogP contribution is -2.48. The first-order chi connectivity index (χ1) is 16.5. The highest BCUT2D eigenvalue weighted by atomic mass is 16.2. The summed E-state index contributed by atoms with van der Waals surface area (Å²) in [6, 6.07) is 5.86. The van der Waals surface area contributed by atoms with Crippen LogP contribution in [0.2, 0.25) is 0 Å². The van der Waals surface area contributed by atoms with Crippen molar-refractivity contribution in [2.24, 2.45) is 23.2 Å². The van der Waals surface area contributed by atoms with E-state index < -0.39 is 0 Å². The average Bonchev–Trinajstić information content (AvgIpc) is 2.79. The molecule has 2 amide bonds. The molecular weight excluding hydrogens is 424 g/mol. The maximum Gasteiger partial charge on any atom is 0.254 e. The van der Waals surface area contributed by atoms with E-state index >= 15 is 0 Å². The van der Waals surface area contributed by atoms with Crippen LogP contribution in [0.1, 0.15) is 60.9 Å². The molecule has 0 unspecified atom stereocenters. The van der Waals surface area contributed by atoms with Gasteiger partial charge in [0, 0.05) is 63.5 Å². The highest BCUT2D eigenvalue weighted by molar-refractivity contribution is 6.00. The van der Waals surface area contributed by atoms with Crippen LogP contribution in [0.15, 0.2) is 18.2 Å². The van der Waals surface area contributed by atoms with Crippen molar-refractivity contribution < 1.29 is 9.59 Å². The minimum atomic E-state index is 0.118. The van der Waals surface area contributed by atoms with E-state index in [9.17, 15) is 9.59 Å². The van der Waals surface area contributed by atoms with Crippen molar-refractivity contribution in [3.05, 3.63) is 29.3 Å². The fourth-order valence-electron chi connectivity index (χ4n) is 8.28. The molecule has 0 aromatic heterocycles. The Kier molecular flexibility index (Phi) is 5.93. The zero-order valence-electron chi connectivity index (χ0n) is 20.7. The molecular formula is C28H40N4O2. The number of amides is 2. The van der Waals surface area contributed by atoms with Crippen LogP contribution >= 0.6 is 0 Å². The van der Waals surface area contributed by atoms with Gasteiger partial charge in [0.05, 0.1) is 0 Å². The number of hydrogen-bond acceptors (Lipinski definition) is 4. The average molecular weight is 465 g/mol. The second-order valence-corrected chi connectivity index (χ2v) is 12.2. The van der Waals surface area contributed by atoms with E-state index in [1.165, 1.54) is 38.5 Å². The fourth-order valence-corrected chi connectivity index (χ4v) is 8.28. The summed E-state index contributed by atoms with van der Waals surface area (Å²) >= 11 is 0. The number of hydrogen-bond donors (Lipinski definition) is 1. The van der Waals surface area contributed by atoms with Crippen LogP contribution in [0, 0.1) is 23.2 Å². The SMILES string of the molecule is CN1CCN(CCN2CCc3c(NC(=O)CC45CC6CC(CC(C6)C4)C5)cccc3C2=O)CC1. The molecule has 1 aromatic carbocycles. The zero-order valence-corrected chi connectivity index (χ0v) is 20.7. The van der Waals surface area contributed by atoms with E-state index in [4.69, 9.17) is 0 Å². The lowest BCUT2D eigenvalue weighted by molar-refractivity contribution is -0.124. The van der Waals surface area contributed by atoms with E-state index in [2.05, 4.69) is 22.2 Å². The molecule has 5 fully saturated rings. The Labute approximate surface area is 204 Å². The van der Waals surface area contributed by atoms with Gasteiger partial charge in [-0.25, -0.2) is 0 Å². The summed E-state index contributed by atoms with van der Waals surface area (Å²) in [7, 11) is 2.17. The summed E-state index contributed by atoms with van der Waals surface area (Å²) in [6.07, 6.45) is 9.44. The van der Waals surface area contributed by atoms with Crippen molar-refractivity contribution in [3.63, 3.8) is 0 Å². The molecule has 34 heavy (non-hydrogen) atoms. The Bertz CT molecular complexity index is 916. The van der Waals surface area contributed by atoms with Crippen molar-refractivity contribution in [1.82, 2.24) is 14.7 Å². The first-order valence-corrected chi connectivity index (χ1v) is 13.6. The molecule has 0 atom stereocenters. The first kappa shape index (κ1) is 22.5.